The second-order valence-electron chi connectivity index (χ2n) is 8.34. The summed E-state index contributed by atoms with van der Waals surface area (Å²) >= 11 is 3.47. The van der Waals surface area contributed by atoms with Gasteiger partial charge in [-0.1, -0.05) is 40.2 Å². The van der Waals surface area contributed by atoms with Crippen LogP contribution in [0.1, 0.15) is 35.6 Å². The van der Waals surface area contributed by atoms with Crippen LogP contribution in [-0.2, 0) is 14.3 Å². The fourth-order valence-corrected chi connectivity index (χ4v) is 4.91. The molecule has 0 spiro atoms. The molecule has 0 bridgehead atoms. The molecule has 2 fully saturated rings. The van der Waals surface area contributed by atoms with Gasteiger partial charge in [0.2, 0.25) is 0 Å². The summed E-state index contributed by atoms with van der Waals surface area (Å²) in [6, 6.07) is 12.4. The SMILES string of the molecule is Cc1cc(/C(O)=C2\C(=O)C(=O)N(CC3CCCO3)C2c2c[nH]c3ccccc23)ccc1Br. The minimum Gasteiger partial charge on any atom is -0.507 e. The van der Waals surface area contributed by atoms with Crippen molar-refractivity contribution in [3.8, 4) is 0 Å². The highest BCUT2D eigenvalue weighted by Gasteiger charge is 2.47. The molecule has 0 saturated carbocycles. The number of halogens is 1. The van der Waals surface area contributed by atoms with Crippen molar-refractivity contribution in [3.63, 3.8) is 0 Å². The first-order valence-electron chi connectivity index (χ1n) is 10.7. The third-order valence-corrected chi connectivity index (χ3v) is 7.20. The second-order valence-corrected chi connectivity index (χ2v) is 9.19. The van der Waals surface area contributed by atoms with E-state index in [4.69, 9.17) is 4.74 Å². The Balaban J connectivity index is 1.68. The summed E-state index contributed by atoms with van der Waals surface area (Å²) in [5.74, 6) is -1.44. The number of para-hydroxylation sites is 1. The molecule has 3 heterocycles. The Hall–Kier alpha value is -2.90. The van der Waals surface area contributed by atoms with Crippen LogP contribution in [0.2, 0.25) is 0 Å². The van der Waals surface area contributed by atoms with E-state index >= 15 is 0 Å². The van der Waals surface area contributed by atoms with Crippen LogP contribution in [0, 0.1) is 6.92 Å². The number of amides is 1. The maximum absolute atomic E-state index is 13.2. The molecular weight excluding hydrogens is 472 g/mol. The first-order valence-corrected chi connectivity index (χ1v) is 11.5. The van der Waals surface area contributed by atoms with Gasteiger partial charge in [-0.25, -0.2) is 0 Å². The highest BCUT2D eigenvalue weighted by atomic mass is 79.9. The van der Waals surface area contributed by atoms with Crippen molar-refractivity contribution in [2.45, 2.75) is 31.9 Å². The molecule has 2 unspecified atom stereocenters. The molecule has 2 aliphatic rings. The lowest BCUT2D eigenvalue weighted by Gasteiger charge is -2.27. The lowest BCUT2D eigenvalue weighted by atomic mass is 9.94. The van der Waals surface area contributed by atoms with Gasteiger partial charge in [-0.15, -0.1) is 0 Å². The molecule has 2 atom stereocenters. The van der Waals surface area contributed by atoms with E-state index in [2.05, 4.69) is 20.9 Å². The molecule has 2 saturated heterocycles. The number of aliphatic hydroxyl groups is 1. The monoisotopic (exact) mass is 494 g/mol. The first kappa shape index (κ1) is 21.0. The molecule has 164 valence electrons. The summed E-state index contributed by atoms with van der Waals surface area (Å²) in [6.45, 7) is 2.88. The largest absolute Gasteiger partial charge is 0.507 e. The lowest BCUT2D eigenvalue weighted by molar-refractivity contribution is -0.140. The van der Waals surface area contributed by atoms with Gasteiger partial charge in [0.05, 0.1) is 17.7 Å². The van der Waals surface area contributed by atoms with E-state index in [1.54, 1.807) is 17.0 Å². The number of nitrogens with zero attached hydrogens (tertiary/aromatic N) is 1. The van der Waals surface area contributed by atoms with Crippen molar-refractivity contribution in [2.75, 3.05) is 13.2 Å². The molecule has 2 aliphatic heterocycles. The van der Waals surface area contributed by atoms with E-state index in [1.165, 1.54) is 0 Å². The Labute approximate surface area is 194 Å². The number of fused-ring (bicyclic) bond motifs is 1. The van der Waals surface area contributed by atoms with E-state index in [-0.39, 0.29) is 17.4 Å². The van der Waals surface area contributed by atoms with Crippen LogP contribution in [0.15, 0.2) is 58.7 Å². The number of likely N-dealkylation sites (tertiary alicyclic amines) is 1. The van der Waals surface area contributed by atoms with Crippen LogP contribution < -0.4 is 0 Å². The molecule has 0 radical (unpaired) electrons. The van der Waals surface area contributed by atoms with Gasteiger partial charge in [0, 0.05) is 45.9 Å². The predicted molar refractivity (Wildman–Crippen MR) is 125 cm³/mol. The Morgan fingerprint density at radius 2 is 2.06 bits per heavy atom. The number of rotatable bonds is 4. The normalized spacial score (nSPS) is 22.9. The molecule has 32 heavy (non-hydrogen) atoms. The van der Waals surface area contributed by atoms with Crippen LogP contribution in [0.4, 0.5) is 0 Å². The summed E-state index contributed by atoms with van der Waals surface area (Å²) in [4.78, 5) is 31.2. The molecule has 5 rings (SSSR count). The first-order chi connectivity index (χ1) is 15.5. The molecule has 0 aliphatic carbocycles. The molecule has 7 heteroatoms. The standard InChI is InChI=1S/C25H23BrN2O4/c1-14-11-15(8-9-19(14)26)23(29)21-22(18-12-27-20-7-3-2-6-17(18)20)28(25(31)24(21)30)13-16-5-4-10-32-16/h2-3,6-9,11-12,16,22,27,29H,4-5,10,13H2,1H3/b23-21+. The van der Waals surface area contributed by atoms with Gasteiger partial charge in [-0.05, 0) is 43.5 Å². The van der Waals surface area contributed by atoms with Gasteiger partial charge in [0.1, 0.15) is 5.76 Å². The van der Waals surface area contributed by atoms with Crippen molar-refractivity contribution < 1.29 is 19.4 Å². The van der Waals surface area contributed by atoms with Gasteiger partial charge in [-0.3, -0.25) is 9.59 Å². The van der Waals surface area contributed by atoms with E-state index < -0.39 is 17.7 Å². The van der Waals surface area contributed by atoms with E-state index in [9.17, 15) is 14.7 Å². The van der Waals surface area contributed by atoms with E-state index in [1.807, 2.05) is 43.5 Å². The van der Waals surface area contributed by atoms with Crippen molar-refractivity contribution in [1.82, 2.24) is 9.88 Å². The summed E-state index contributed by atoms with van der Waals surface area (Å²) in [5, 5.41) is 12.2. The lowest BCUT2D eigenvalue weighted by Crippen LogP contribution is -2.36. The van der Waals surface area contributed by atoms with Crippen molar-refractivity contribution in [3.05, 3.63) is 75.4 Å². The van der Waals surface area contributed by atoms with Crippen LogP contribution >= 0.6 is 15.9 Å². The fraction of sp³-hybridized carbons (Fsp3) is 0.280. The Morgan fingerprint density at radius 3 is 2.81 bits per heavy atom. The van der Waals surface area contributed by atoms with Crippen molar-refractivity contribution in [2.24, 2.45) is 0 Å². The number of H-pyrrole nitrogens is 1. The molecule has 6 nitrogen and oxygen atoms in total. The number of Topliss-reactive ketones (excluding diaryl/α,β-unsaturated/α-hetero) is 1. The maximum Gasteiger partial charge on any atom is 0.295 e. The average Bonchev–Trinajstić information content (AvgIpc) is 3.51. The number of aromatic amines is 1. The summed E-state index contributed by atoms with van der Waals surface area (Å²) < 4.78 is 6.67. The van der Waals surface area contributed by atoms with Crippen LogP contribution in [0.3, 0.4) is 0 Å². The zero-order chi connectivity index (χ0) is 22.4. The third kappa shape index (κ3) is 3.45. The number of hydrogen-bond donors (Lipinski definition) is 2. The number of ketones is 1. The number of hydrogen-bond acceptors (Lipinski definition) is 4. The van der Waals surface area contributed by atoms with Crippen molar-refractivity contribution in [1.29, 1.82) is 0 Å². The molecular formula is C25H23BrN2O4. The van der Waals surface area contributed by atoms with Crippen LogP contribution in [0.25, 0.3) is 16.7 Å². The Kier molecular flexibility index (Phi) is 5.39. The summed E-state index contributed by atoms with van der Waals surface area (Å²) in [5.41, 5.74) is 3.23. The summed E-state index contributed by atoms with van der Waals surface area (Å²) in [6.07, 6.45) is 3.49. The van der Waals surface area contributed by atoms with Crippen molar-refractivity contribution >= 4 is 44.3 Å². The summed E-state index contributed by atoms with van der Waals surface area (Å²) in [7, 11) is 0. The highest BCUT2D eigenvalue weighted by Crippen LogP contribution is 2.42. The van der Waals surface area contributed by atoms with Gasteiger partial charge in [0.25, 0.3) is 11.7 Å². The quantitative estimate of drug-likeness (QED) is 0.308. The van der Waals surface area contributed by atoms with Crippen LogP contribution in [0.5, 0.6) is 0 Å². The second kappa shape index (κ2) is 8.22. The molecule has 3 aromatic rings. The predicted octanol–water partition coefficient (Wildman–Crippen LogP) is 4.84. The van der Waals surface area contributed by atoms with Gasteiger partial charge < -0.3 is 19.7 Å². The number of nitrogens with one attached hydrogen (secondary N) is 1. The third-order valence-electron chi connectivity index (χ3n) is 6.31. The maximum atomic E-state index is 13.2. The van der Waals surface area contributed by atoms with E-state index in [0.717, 1.165) is 39.3 Å². The zero-order valence-electron chi connectivity index (χ0n) is 17.6. The number of aromatic nitrogens is 1. The van der Waals surface area contributed by atoms with Crippen LogP contribution in [-0.4, -0.2) is 45.9 Å². The number of carbonyl (C=O) groups excluding carboxylic acids is 2. The highest BCUT2D eigenvalue weighted by molar-refractivity contribution is 9.10. The number of aliphatic hydroxyl groups excluding tert-OH is 1. The van der Waals surface area contributed by atoms with Gasteiger partial charge in [-0.2, -0.15) is 0 Å². The zero-order valence-corrected chi connectivity index (χ0v) is 19.2. The topological polar surface area (TPSA) is 82.6 Å². The fourth-order valence-electron chi connectivity index (χ4n) is 4.67. The number of aryl methyl sites for hydroxylation is 1. The molecule has 2 aromatic carbocycles. The minimum atomic E-state index is -0.695. The average molecular weight is 495 g/mol. The minimum absolute atomic E-state index is 0.111. The Morgan fingerprint density at radius 1 is 1.25 bits per heavy atom. The smallest absolute Gasteiger partial charge is 0.295 e. The van der Waals surface area contributed by atoms with E-state index in [0.29, 0.717) is 18.7 Å². The number of ether oxygens (including phenoxy) is 1. The number of carbonyl (C=O) groups is 2. The molecule has 2 N–H and O–H groups in total. The van der Waals surface area contributed by atoms with Gasteiger partial charge >= 0.3 is 0 Å². The number of benzene rings is 2. The molecule has 1 aromatic heterocycles. The Bertz CT molecular complexity index is 1260. The molecule has 1 amide bonds. The van der Waals surface area contributed by atoms with Gasteiger partial charge in [0.15, 0.2) is 0 Å².